The van der Waals surface area contributed by atoms with Crippen molar-refractivity contribution in [1.29, 1.82) is 0 Å². The third-order valence-corrected chi connectivity index (χ3v) is 6.85. The summed E-state index contributed by atoms with van der Waals surface area (Å²) in [5.41, 5.74) is 2.54. The molecule has 1 aromatic heterocycles. The first-order chi connectivity index (χ1) is 13.4. The Bertz CT molecular complexity index is 940. The molecule has 0 radical (unpaired) electrons. The normalized spacial score (nSPS) is 23.1. The van der Waals surface area contributed by atoms with Crippen LogP contribution in [0.25, 0.3) is 11.1 Å². The third kappa shape index (κ3) is 4.93. The van der Waals surface area contributed by atoms with Crippen LogP contribution in [0, 0.1) is 5.92 Å². The second-order valence-electron chi connectivity index (χ2n) is 7.50. The monoisotopic (exact) mass is 400 g/mol. The maximum atomic E-state index is 12.8. The molecule has 0 aliphatic carbocycles. The summed E-state index contributed by atoms with van der Waals surface area (Å²) in [5, 5.41) is 3.41. The first-order valence-electron chi connectivity index (χ1n) is 9.72. The fraction of sp³-hybridized carbons (Fsp3) is 0.409. The molecule has 2 bridgehead atoms. The molecule has 28 heavy (non-hydrogen) atoms. The molecule has 2 aromatic rings. The van der Waals surface area contributed by atoms with Crippen LogP contribution in [0.1, 0.15) is 33.1 Å². The van der Waals surface area contributed by atoms with Crippen LogP contribution < -0.4 is 10.1 Å². The van der Waals surface area contributed by atoms with Crippen LogP contribution in [0.3, 0.4) is 0 Å². The molecule has 3 rings (SSSR count). The van der Waals surface area contributed by atoms with Crippen LogP contribution in [0.2, 0.25) is 0 Å². The molecule has 0 spiro atoms. The molecule has 0 fully saturated rings. The van der Waals surface area contributed by atoms with Crippen molar-refractivity contribution in [2.75, 3.05) is 12.4 Å². The number of para-hydroxylation sites is 1. The number of nitrogens with one attached hydrogen (secondary N) is 1. The molecule has 0 saturated heterocycles. The number of fused-ring (bicyclic) bond motifs is 4. The zero-order valence-corrected chi connectivity index (χ0v) is 17.3. The van der Waals surface area contributed by atoms with E-state index in [1.807, 2.05) is 24.3 Å². The molecule has 2 atom stereocenters. The predicted molar refractivity (Wildman–Crippen MR) is 112 cm³/mol. The molecule has 150 valence electrons. The van der Waals surface area contributed by atoms with E-state index >= 15 is 0 Å². The van der Waals surface area contributed by atoms with E-state index in [4.69, 9.17) is 4.74 Å². The minimum absolute atomic E-state index is 0.112. The van der Waals surface area contributed by atoms with Crippen LogP contribution in [-0.4, -0.2) is 31.8 Å². The summed E-state index contributed by atoms with van der Waals surface area (Å²) >= 11 is 0. The van der Waals surface area contributed by atoms with E-state index < -0.39 is 9.84 Å². The van der Waals surface area contributed by atoms with E-state index in [2.05, 4.69) is 30.7 Å². The van der Waals surface area contributed by atoms with Gasteiger partial charge in [-0.3, -0.25) is 4.98 Å². The number of allylic oxidation sites excluding steroid dienone is 1. The highest BCUT2D eigenvalue weighted by Crippen LogP contribution is 2.31. The van der Waals surface area contributed by atoms with Gasteiger partial charge in [-0.2, -0.15) is 0 Å². The summed E-state index contributed by atoms with van der Waals surface area (Å²) in [6.07, 6.45) is 5.47. The van der Waals surface area contributed by atoms with Gasteiger partial charge in [0.2, 0.25) is 0 Å². The van der Waals surface area contributed by atoms with E-state index in [0.29, 0.717) is 18.8 Å². The quantitative estimate of drug-likeness (QED) is 0.717. The lowest BCUT2D eigenvalue weighted by Crippen LogP contribution is -2.33. The van der Waals surface area contributed by atoms with Crippen LogP contribution in [-0.2, 0) is 9.84 Å². The Hall–Kier alpha value is -2.34. The van der Waals surface area contributed by atoms with Gasteiger partial charge in [0.25, 0.3) is 0 Å². The molecule has 2 heterocycles. The van der Waals surface area contributed by atoms with E-state index in [0.717, 1.165) is 29.7 Å². The van der Waals surface area contributed by atoms with Gasteiger partial charge in [0.15, 0.2) is 9.84 Å². The first-order valence-corrected chi connectivity index (χ1v) is 11.4. The summed E-state index contributed by atoms with van der Waals surface area (Å²) in [7, 11) is -3.37. The molecule has 2 unspecified atom stereocenters. The molecule has 1 N–H and O–H groups in total. The molecule has 1 aliphatic rings. The topological polar surface area (TPSA) is 68.3 Å². The summed E-state index contributed by atoms with van der Waals surface area (Å²) in [5.74, 6) is 1.10. The Morgan fingerprint density at radius 1 is 1.18 bits per heavy atom. The number of aromatic nitrogens is 1. The van der Waals surface area contributed by atoms with Gasteiger partial charge >= 0.3 is 0 Å². The molecule has 6 heteroatoms. The van der Waals surface area contributed by atoms with Gasteiger partial charge in [0.05, 0.1) is 16.7 Å². The number of ether oxygens (including phenoxy) is 1. The van der Waals surface area contributed by atoms with Crippen molar-refractivity contribution >= 4 is 9.84 Å². The van der Waals surface area contributed by atoms with Crippen molar-refractivity contribution < 1.29 is 13.2 Å². The Morgan fingerprint density at radius 2 is 1.96 bits per heavy atom. The molecular formula is C22H28N2O3S. The lowest BCUT2D eigenvalue weighted by atomic mass is 10.0. The van der Waals surface area contributed by atoms with E-state index in [1.165, 1.54) is 6.20 Å². The Balaban J connectivity index is 1.98. The number of rotatable bonds is 0. The zero-order valence-electron chi connectivity index (χ0n) is 16.5. The maximum Gasteiger partial charge on any atom is 0.179 e. The van der Waals surface area contributed by atoms with Gasteiger partial charge in [0, 0.05) is 29.2 Å². The van der Waals surface area contributed by atoms with E-state index in [9.17, 15) is 8.42 Å². The lowest BCUT2D eigenvalue weighted by Gasteiger charge is -2.23. The fourth-order valence-electron chi connectivity index (χ4n) is 3.32. The Labute approximate surface area is 167 Å². The second kappa shape index (κ2) is 8.78. The maximum absolute atomic E-state index is 12.8. The average Bonchev–Trinajstić information content (AvgIpc) is 2.69. The number of hydrogen-bond donors (Lipinski definition) is 1. The molecule has 5 nitrogen and oxygen atoms in total. The predicted octanol–water partition coefficient (Wildman–Crippen LogP) is 4.21. The lowest BCUT2D eigenvalue weighted by molar-refractivity contribution is 0.278. The highest BCUT2D eigenvalue weighted by atomic mass is 32.2. The minimum atomic E-state index is -3.37. The van der Waals surface area contributed by atoms with Crippen molar-refractivity contribution in [3.8, 4) is 16.9 Å². The molecular weight excluding hydrogens is 372 g/mol. The van der Waals surface area contributed by atoms with Crippen LogP contribution in [0.15, 0.2) is 59.9 Å². The summed E-state index contributed by atoms with van der Waals surface area (Å²) < 4.78 is 31.6. The standard InChI is InChI=1S/C22H28N2O3S/c1-16-8-6-7-11-28(25,26)20-12-19(13-23-14-20)21-9-4-5-10-22(21)27-15-17(2)24-18(16)3/h4-5,9-10,12-14,16-17,24H,3,6-8,11,15H2,1-2H3. The van der Waals surface area contributed by atoms with Gasteiger partial charge in [-0.15, -0.1) is 0 Å². The molecule has 1 aliphatic heterocycles. The van der Waals surface area contributed by atoms with Crippen molar-refractivity contribution in [2.45, 2.75) is 44.0 Å². The molecule has 0 saturated carbocycles. The van der Waals surface area contributed by atoms with Crippen LogP contribution in [0.5, 0.6) is 5.75 Å². The van der Waals surface area contributed by atoms with Crippen molar-refractivity contribution in [1.82, 2.24) is 10.3 Å². The van der Waals surface area contributed by atoms with E-state index in [-0.39, 0.29) is 22.6 Å². The third-order valence-electron chi connectivity index (χ3n) is 5.09. The number of hydrogen-bond acceptors (Lipinski definition) is 5. The highest BCUT2D eigenvalue weighted by Gasteiger charge is 2.18. The summed E-state index contributed by atoms with van der Waals surface area (Å²) in [6, 6.07) is 9.44. The molecule has 1 aromatic carbocycles. The van der Waals surface area contributed by atoms with E-state index in [1.54, 1.807) is 12.3 Å². The highest BCUT2D eigenvalue weighted by molar-refractivity contribution is 7.91. The van der Waals surface area contributed by atoms with Crippen molar-refractivity contribution in [3.05, 3.63) is 55.0 Å². The Kier molecular flexibility index (Phi) is 6.39. The van der Waals surface area contributed by atoms with Gasteiger partial charge in [0.1, 0.15) is 12.4 Å². The fourth-order valence-corrected chi connectivity index (χ4v) is 4.66. The van der Waals surface area contributed by atoms with Gasteiger partial charge in [-0.25, -0.2) is 8.42 Å². The second-order valence-corrected chi connectivity index (χ2v) is 9.61. The SMILES string of the molecule is C=C1NC(C)COc2ccccc2-c2cncc(c2)S(=O)(=O)CCCCC1C. The van der Waals surface area contributed by atoms with Gasteiger partial charge < -0.3 is 10.1 Å². The number of sulfone groups is 1. The smallest absolute Gasteiger partial charge is 0.179 e. The molecule has 0 amide bonds. The largest absolute Gasteiger partial charge is 0.491 e. The number of benzene rings is 1. The zero-order chi connectivity index (χ0) is 20.1. The summed E-state index contributed by atoms with van der Waals surface area (Å²) in [6.45, 7) is 8.81. The first kappa shape index (κ1) is 20.4. The average molecular weight is 401 g/mol. The van der Waals surface area contributed by atoms with Crippen LogP contribution in [0.4, 0.5) is 0 Å². The Morgan fingerprint density at radius 3 is 2.79 bits per heavy atom. The van der Waals surface area contributed by atoms with Crippen molar-refractivity contribution in [3.63, 3.8) is 0 Å². The van der Waals surface area contributed by atoms with Gasteiger partial charge in [-0.1, -0.05) is 38.1 Å². The summed E-state index contributed by atoms with van der Waals surface area (Å²) in [4.78, 5) is 4.45. The van der Waals surface area contributed by atoms with Crippen molar-refractivity contribution in [2.24, 2.45) is 5.92 Å². The number of pyridine rings is 1. The van der Waals surface area contributed by atoms with Gasteiger partial charge in [-0.05, 0) is 37.8 Å². The van der Waals surface area contributed by atoms with Crippen LogP contribution >= 0.6 is 0 Å². The number of nitrogens with zero attached hydrogens (tertiary/aromatic N) is 1. The minimum Gasteiger partial charge on any atom is -0.491 e.